The molecule has 1 N–H and O–H groups in total. The Hall–Kier alpha value is 0.952. The van der Waals surface area contributed by atoms with Crippen molar-refractivity contribution in [3.05, 3.63) is 10.1 Å². The first-order chi connectivity index (χ1) is 2.27. The first-order valence-corrected chi connectivity index (χ1v) is 0.730. The van der Waals surface area contributed by atoms with E-state index in [9.17, 15) is 0 Å². The van der Waals surface area contributed by atoms with E-state index in [0.29, 0.717) is 0 Å². The Bertz CT molecular complexity index is 47.0. The molecule has 0 aromatic rings. The Morgan fingerprint density at radius 2 is 1.86 bits per heavy atom. The Morgan fingerprint density at radius 1 is 1.71 bits per heavy atom. The number of rotatable bonds is 1. The number of hydrogen-bond donors (Lipinski definition) is 1. The quantitative estimate of drug-likeness (QED) is 0.196. The molecule has 7 heavy (non-hydrogen) atoms. The minimum atomic E-state index is -1.32. The summed E-state index contributed by atoms with van der Waals surface area (Å²) in [6.45, 7) is 0. The molecule has 0 saturated heterocycles. The van der Waals surface area contributed by atoms with E-state index >= 15 is 0 Å². The van der Waals surface area contributed by atoms with Crippen LogP contribution in [0.25, 0.3) is 0 Å². The third kappa shape index (κ3) is 19.6. The van der Waals surface area contributed by atoms with Crippen LogP contribution in [-0.4, -0.2) is 65.4 Å². The molecule has 0 rings (SSSR count). The molecule has 40 valence electrons. The first kappa shape index (κ1) is 15.7. The van der Waals surface area contributed by atoms with Gasteiger partial charge in [0.1, 0.15) is 0 Å². The fourth-order valence-corrected chi connectivity index (χ4v) is 0. The molecule has 0 aliphatic carbocycles. The van der Waals surface area contributed by atoms with Crippen LogP contribution >= 0.6 is 0 Å². The first-order valence-electron chi connectivity index (χ1n) is 0.730. The zero-order chi connectivity index (χ0) is 4.28. The van der Waals surface area contributed by atoms with Crippen LogP contribution in [0.15, 0.2) is 0 Å². The van der Waals surface area contributed by atoms with Gasteiger partial charge in [-0.2, -0.15) is 0 Å². The molecule has 0 spiro atoms. The maximum atomic E-state index is 8.70. The molecule has 0 aromatic carbocycles. The van der Waals surface area contributed by atoms with Crippen molar-refractivity contribution in [1.82, 2.24) is 0 Å². The number of nitrogens with zero attached hydrogens (tertiary/aromatic N) is 1. The molecule has 5 nitrogen and oxygen atoms in total. The third-order valence-corrected chi connectivity index (χ3v) is 0.0667. The van der Waals surface area contributed by atoms with Gasteiger partial charge in [0.2, 0.25) is 0 Å². The van der Waals surface area contributed by atoms with Crippen LogP contribution in [0.4, 0.5) is 0 Å². The topological polar surface area (TPSA) is 72.6 Å². The van der Waals surface area contributed by atoms with E-state index in [2.05, 4.69) is 4.99 Å². The Labute approximate surface area is 79.8 Å². The fourth-order valence-electron chi connectivity index (χ4n) is 0. The Balaban J connectivity index is -0.0000000800. The van der Waals surface area contributed by atoms with Crippen molar-refractivity contribution in [1.29, 1.82) is 0 Å². The van der Waals surface area contributed by atoms with Crippen LogP contribution in [-0.2, 0) is 4.99 Å². The summed E-state index contributed by atoms with van der Waals surface area (Å²) in [5, 5.41) is 14.3. The summed E-state index contributed by atoms with van der Waals surface area (Å²) in [6.07, 6.45) is 0. The molecule has 7 heteroatoms. The van der Waals surface area contributed by atoms with Gasteiger partial charge in [0.15, 0.2) is 17.4 Å². The summed E-state index contributed by atoms with van der Waals surface area (Å²) in [5.74, 6) is 0. The predicted molar refractivity (Wildman–Crippen MR) is 29.2 cm³/mol. The van der Waals surface area contributed by atoms with Gasteiger partial charge in [-0.25, -0.2) is 5.26 Å². The van der Waals surface area contributed by atoms with Crippen LogP contribution < -0.4 is 0 Å². The van der Waals surface area contributed by atoms with Crippen molar-refractivity contribution in [3.8, 4) is 0 Å². The summed E-state index contributed by atoms with van der Waals surface area (Å²) in [5.41, 5.74) is 0. The summed E-state index contributed by atoms with van der Waals surface area (Å²) in [7, 11) is 0. The van der Waals surface area contributed by atoms with Crippen molar-refractivity contribution >= 4 is 55.1 Å². The summed E-state index contributed by atoms with van der Waals surface area (Å²) < 4.78 is 0. The van der Waals surface area contributed by atoms with Gasteiger partial charge in [-0.1, -0.05) is 0 Å². The normalized spacial score (nSPS) is 4.71. The summed E-state index contributed by atoms with van der Waals surface area (Å²) in [4.78, 5) is 11.2. The van der Waals surface area contributed by atoms with Crippen LogP contribution in [0, 0.1) is 10.1 Å². The average molecular weight is 151 g/mol. The van der Waals surface area contributed by atoms with Crippen LogP contribution in [0.2, 0.25) is 0 Å². The van der Waals surface area contributed by atoms with E-state index < -0.39 is 5.09 Å². The van der Waals surface area contributed by atoms with Gasteiger partial charge >= 0.3 is 42.8 Å². The molecule has 0 aliphatic rings. The SMILES string of the molecule is O=[N+]([O-])OO.[AlH3].[CaH2]. The summed E-state index contributed by atoms with van der Waals surface area (Å²) in [6, 6.07) is 0. The zero-order valence-electron chi connectivity index (χ0n) is 2.12. The molecule has 0 aliphatic heterocycles. The van der Waals surface area contributed by atoms with E-state index in [-0.39, 0.29) is 55.1 Å². The maximum absolute atomic E-state index is 8.70. The number of hydrogen-bond acceptors (Lipinski definition) is 4. The molecule has 0 radical (unpaired) electrons. The fraction of sp³-hybridized carbons (Fsp3) is 0. The second-order valence-electron chi connectivity index (χ2n) is 0.305. The Morgan fingerprint density at radius 3 is 1.86 bits per heavy atom. The minimum absolute atomic E-state index is 0. The predicted octanol–water partition coefficient (Wildman–Crippen LogP) is -2.43. The second kappa shape index (κ2) is 10.0. The van der Waals surface area contributed by atoms with Gasteiger partial charge in [-0.15, -0.1) is 15.1 Å². The zero-order valence-corrected chi connectivity index (χ0v) is 2.12. The molecule has 0 bridgehead atoms. The van der Waals surface area contributed by atoms with Gasteiger partial charge in [0, 0.05) is 0 Å². The third-order valence-electron chi connectivity index (χ3n) is 0.0667. The molecular formula is H6AlCaNO4. The van der Waals surface area contributed by atoms with Crippen molar-refractivity contribution in [2.45, 2.75) is 0 Å². The van der Waals surface area contributed by atoms with Crippen LogP contribution in [0.5, 0.6) is 0 Å². The van der Waals surface area contributed by atoms with Gasteiger partial charge in [0.05, 0.1) is 0 Å². The van der Waals surface area contributed by atoms with Gasteiger partial charge in [-0.05, 0) is 0 Å². The van der Waals surface area contributed by atoms with Crippen molar-refractivity contribution in [3.63, 3.8) is 0 Å². The van der Waals surface area contributed by atoms with Gasteiger partial charge in [-0.3, -0.25) is 0 Å². The average Bonchev–Trinajstić information content (AvgIpc) is 1.38. The van der Waals surface area contributed by atoms with Crippen LogP contribution in [0.1, 0.15) is 0 Å². The molecule has 0 heterocycles. The molecule has 0 unspecified atom stereocenters. The van der Waals surface area contributed by atoms with E-state index in [1.165, 1.54) is 0 Å². The van der Waals surface area contributed by atoms with Gasteiger partial charge in [0.25, 0.3) is 0 Å². The second-order valence-corrected chi connectivity index (χ2v) is 0.305. The molecular weight excluding hydrogens is 145 g/mol. The van der Waals surface area contributed by atoms with E-state index in [1.807, 2.05) is 0 Å². The van der Waals surface area contributed by atoms with E-state index in [1.54, 1.807) is 0 Å². The Kier molecular flexibility index (Phi) is 22.5. The van der Waals surface area contributed by atoms with E-state index in [0.717, 1.165) is 0 Å². The molecule has 0 amide bonds. The molecule has 0 atom stereocenters. The van der Waals surface area contributed by atoms with Crippen molar-refractivity contribution in [2.75, 3.05) is 0 Å². The van der Waals surface area contributed by atoms with Crippen molar-refractivity contribution in [2.24, 2.45) is 0 Å². The molecule has 0 fully saturated rings. The van der Waals surface area contributed by atoms with E-state index in [4.69, 9.17) is 15.4 Å². The molecule has 0 saturated carbocycles. The standard InChI is InChI=1S/Al.Ca.HNO4.5H/c;;2-1(3)5-4;;;;;/h;;4H;;;;;. The van der Waals surface area contributed by atoms with Crippen molar-refractivity contribution < 1.29 is 15.3 Å². The molecule has 0 aromatic heterocycles. The monoisotopic (exact) mass is 151 g/mol. The summed E-state index contributed by atoms with van der Waals surface area (Å²) >= 11 is 0. The van der Waals surface area contributed by atoms with Crippen LogP contribution in [0.3, 0.4) is 0 Å². The van der Waals surface area contributed by atoms with Gasteiger partial charge < -0.3 is 0 Å².